The van der Waals surface area contributed by atoms with Crippen LogP contribution in [0, 0.1) is 0 Å². The molecule has 2 saturated heterocycles. The van der Waals surface area contributed by atoms with E-state index in [9.17, 15) is 61.3 Å². The molecule has 0 radical (unpaired) electrons. The van der Waals surface area contributed by atoms with Crippen molar-refractivity contribution in [3.63, 3.8) is 0 Å². The first-order valence-electron chi connectivity index (χ1n) is 18.2. The van der Waals surface area contributed by atoms with E-state index >= 15 is 0 Å². The van der Waals surface area contributed by atoms with Crippen molar-refractivity contribution < 1.29 is 85.0 Å². The zero-order valence-corrected chi connectivity index (χ0v) is 29.8. The summed E-state index contributed by atoms with van der Waals surface area (Å²) in [6, 6.07) is 17.9. The van der Waals surface area contributed by atoms with E-state index in [0.717, 1.165) is 0 Å². The third kappa shape index (κ3) is 6.79. The van der Waals surface area contributed by atoms with E-state index in [2.05, 4.69) is 0 Å². The van der Waals surface area contributed by atoms with Crippen LogP contribution in [0.25, 0.3) is 0 Å². The number of phenolic OH excluding ortho intramolecular Hbond substituents is 3. The number of hydrogen-bond donors (Lipinski definition) is 12. The molecular weight excluding hydrogens is 752 g/mol. The van der Waals surface area contributed by atoms with Crippen LogP contribution in [0.15, 0.2) is 72.8 Å². The maximum atomic E-state index is 12.2. The first-order chi connectivity index (χ1) is 27.3. The number of benzene rings is 4. The third-order valence-electron chi connectivity index (χ3n) is 11.1. The van der Waals surface area contributed by atoms with Gasteiger partial charge in [0.05, 0.1) is 25.2 Å². The van der Waals surface area contributed by atoms with E-state index < -0.39 is 98.7 Å². The van der Waals surface area contributed by atoms with Crippen molar-refractivity contribution in [1.29, 1.82) is 0 Å². The van der Waals surface area contributed by atoms with Gasteiger partial charge in [-0.15, -0.1) is 0 Å². The van der Waals surface area contributed by atoms with E-state index in [0.29, 0.717) is 22.3 Å². The zero-order valence-electron chi connectivity index (χ0n) is 29.8. The lowest BCUT2D eigenvalue weighted by molar-refractivity contribution is -0.277. The van der Waals surface area contributed by atoms with Crippen LogP contribution in [0.5, 0.6) is 34.5 Å². The fourth-order valence-corrected chi connectivity index (χ4v) is 8.24. The minimum absolute atomic E-state index is 0.0404. The lowest BCUT2D eigenvalue weighted by Crippen LogP contribution is -2.60. The SMILES string of the molecule is OCC1OC(Oc2ccc(C3Oc4cc(O)cc5c4C3c3cc(OC4OC(CO)C(O)C(O)C4O)cc(O)c3C(c3ccc(O)cc3)C5O)cc2)C(O)C(O)C1O. The van der Waals surface area contributed by atoms with Crippen LogP contribution in [0.2, 0.25) is 0 Å². The van der Waals surface area contributed by atoms with Gasteiger partial charge in [-0.25, -0.2) is 0 Å². The van der Waals surface area contributed by atoms with Crippen molar-refractivity contribution in [3.8, 4) is 34.5 Å². The Morgan fingerprint density at radius 3 is 1.65 bits per heavy atom. The van der Waals surface area contributed by atoms with Gasteiger partial charge in [0, 0.05) is 29.2 Å². The molecule has 17 heteroatoms. The van der Waals surface area contributed by atoms with E-state index in [1.54, 1.807) is 30.3 Å². The Morgan fingerprint density at radius 2 is 1.07 bits per heavy atom. The molecule has 17 nitrogen and oxygen atoms in total. The number of ether oxygens (including phenoxy) is 5. The molecule has 0 aromatic heterocycles. The average molecular weight is 795 g/mol. The maximum absolute atomic E-state index is 12.2. The van der Waals surface area contributed by atoms with E-state index in [1.165, 1.54) is 42.5 Å². The topological polar surface area (TPSA) is 289 Å². The van der Waals surface area contributed by atoms with E-state index in [-0.39, 0.29) is 45.6 Å². The van der Waals surface area contributed by atoms with Gasteiger partial charge in [-0.3, -0.25) is 0 Å². The number of aromatic hydroxyl groups is 3. The summed E-state index contributed by atoms with van der Waals surface area (Å²) in [5, 5.41) is 127. The molecule has 0 saturated carbocycles. The summed E-state index contributed by atoms with van der Waals surface area (Å²) < 4.78 is 29.3. The second-order valence-electron chi connectivity index (χ2n) is 14.6. The van der Waals surface area contributed by atoms with Crippen LogP contribution in [-0.2, 0) is 9.47 Å². The molecule has 14 unspecified atom stereocenters. The number of aliphatic hydroxyl groups is 9. The molecule has 3 heterocycles. The standard InChI is InChI=1S/C40H42O17/c41-13-25-32(47)34(49)36(51)39(56-25)53-19-7-3-16(4-8-19)38-30-21-11-20(54-40-37(52)35(50)33(48)26(14-42)57-40)12-23(45)28(21)27(15-1-5-17(43)6-2-15)31(46)22-9-18(44)10-24(55-38)29(22)30/h1-12,25-27,30-52H,13-14H2. The Kier molecular flexibility index (Phi) is 10.4. The van der Waals surface area contributed by atoms with Crippen LogP contribution >= 0.6 is 0 Å². The lowest BCUT2D eigenvalue weighted by atomic mass is 9.80. The molecular formula is C40H42O17. The van der Waals surface area contributed by atoms with Crippen LogP contribution in [0.4, 0.5) is 0 Å². The Hall–Kier alpha value is -4.76. The van der Waals surface area contributed by atoms with Gasteiger partial charge in [-0.2, -0.15) is 0 Å². The molecule has 14 atom stereocenters. The summed E-state index contributed by atoms with van der Waals surface area (Å²) in [6.45, 7) is -1.34. The van der Waals surface area contributed by atoms with Crippen LogP contribution in [0.3, 0.4) is 0 Å². The van der Waals surface area contributed by atoms with Gasteiger partial charge in [0.25, 0.3) is 0 Å². The first kappa shape index (κ1) is 39.1. The van der Waals surface area contributed by atoms with Crippen LogP contribution in [0.1, 0.15) is 57.4 Å². The average Bonchev–Trinajstić information content (AvgIpc) is 3.53. The second-order valence-corrected chi connectivity index (χ2v) is 14.6. The van der Waals surface area contributed by atoms with Gasteiger partial charge in [-0.1, -0.05) is 24.3 Å². The summed E-state index contributed by atoms with van der Waals surface area (Å²) >= 11 is 0. The Balaban J connectivity index is 1.22. The van der Waals surface area contributed by atoms with Gasteiger partial charge in [0.2, 0.25) is 12.6 Å². The highest BCUT2D eigenvalue weighted by Gasteiger charge is 2.49. The molecule has 1 aliphatic carbocycles. The van der Waals surface area contributed by atoms with E-state index in [1.807, 2.05) is 0 Å². The number of rotatable bonds is 8. The van der Waals surface area contributed by atoms with Gasteiger partial charge in [-0.05, 0) is 58.7 Å². The summed E-state index contributed by atoms with van der Waals surface area (Å²) in [4.78, 5) is 0. The second kappa shape index (κ2) is 15.2. The Morgan fingerprint density at radius 1 is 0.509 bits per heavy atom. The number of fused-ring (bicyclic) bond motifs is 2. The fraction of sp³-hybridized carbons (Fsp3) is 0.400. The molecule has 0 bridgehead atoms. The largest absolute Gasteiger partial charge is 0.508 e. The van der Waals surface area contributed by atoms with Gasteiger partial charge >= 0.3 is 0 Å². The normalized spacial score (nSPS) is 34.4. The lowest BCUT2D eigenvalue weighted by Gasteiger charge is -2.39. The Bertz CT molecular complexity index is 2070. The van der Waals surface area contributed by atoms with Crippen molar-refractivity contribution in [1.82, 2.24) is 0 Å². The summed E-state index contributed by atoms with van der Waals surface area (Å²) in [5.41, 5.74) is 2.39. The smallest absolute Gasteiger partial charge is 0.229 e. The van der Waals surface area contributed by atoms with Crippen molar-refractivity contribution in [2.45, 2.75) is 85.5 Å². The zero-order chi connectivity index (χ0) is 40.4. The highest BCUT2D eigenvalue weighted by Crippen LogP contribution is 2.60. The Labute approximate surface area is 324 Å². The molecule has 4 aliphatic rings. The fourth-order valence-electron chi connectivity index (χ4n) is 8.24. The third-order valence-corrected chi connectivity index (χ3v) is 11.1. The molecule has 304 valence electrons. The molecule has 4 aromatic carbocycles. The first-order valence-corrected chi connectivity index (χ1v) is 18.2. The number of hydrogen-bond acceptors (Lipinski definition) is 17. The number of aliphatic hydroxyl groups excluding tert-OH is 9. The predicted octanol–water partition coefficient (Wildman–Crippen LogP) is -0.395. The maximum Gasteiger partial charge on any atom is 0.229 e. The van der Waals surface area contributed by atoms with Gasteiger partial charge < -0.3 is 85.0 Å². The predicted molar refractivity (Wildman–Crippen MR) is 192 cm³/mol. The molecule has 0 spiro atoms. The van der Waals surface area contributed by atoms with Crippen molar-refractivity contribution in [2.75, 3.05) is 13.2 Å². The van der Waals surface area contributed by atoms with E-state index in [4.69, 9.17) is 23.7 Å². The van der Waals surface area contributed by atoms with Crippen LogP contribution in [-0.4, -0.2) is 136 Å². The minimum atomic E-state index is -1.77. The van der Waals surface area contributed by atoms with Crippen molar-refractivity contribution in [3.05, 3.63) is 106 Å². The highest BCUT2D eigenvalue weighted by atomic mass is 16.7. The molecule has 0 amide bonds. The summed E-state index contributed by atoms with van der Waals surface area (Å²) in [5.74, 6) is -2.11. The molecule has 2 fully saturated rings. The van der Waals surface area contributed by atoms with Gasteiger partial charge in [0.1, 0.15) is 89.4 Å². The van der Waals surface area contributed by atoms with Crippen molar-refractivity contribution >= 4 is 0 Å². The minimum Gasteiger partial charge on any atom is -0.508 e. The number of phenols is 3. The molecule has 8 rings (SSSR count). The monoisotopic (exact) mass is 794 g/mol. The van der Waals surface area contributed by atoms with Crippen LogP contribution < -0.4 is 14.2 Å². The quantitative estimate of drug-likeness (QED) is 0.108. The molecule has 12 N–H and O–H groups in total. The molecule has 4 aromatic rings. The van der Waals surface area contributed by atoms with Crippen molar-refractivity contribution in [2.24, 2.45) is 0 Å². The summed E-state index contributed by atoms with van der Waals surface area (Å²) in [7, 11) is 0. The molecule has 57 heavy (non-hydrogen) atoms. The highest BCUT2D eigenvalue weighted by molar-refractivity contribution is 5.65. The van der Waals surface area contributed by atoms with Gasteiger partial charge in [0.15, 0.2) is 0 Å². The molecule has 3 aliphatic heterocycles. The summed E-state index contributed by atoms with van der Waals surface area (Å²) in [6.07, 6.45) is -17.8.